The van der Waals surface area contributed by atoms with E-state index in [4.69, 9.17) is 4.74 Å². The number of ether oxygens (including phenoxy) is 1. The van der Waals surface area contributed by atoms with Crippen LogP contribution in [0.1, 0.15) is 15.9 Å². The Bertz CT molecular complexity index is 1110. The zero-order valence-corrected chi connectivity index (χ0v) is 16.9. The molecule has 142 valence electrons. The standard InChI is InChI=1S/C26H20O2S/c1-18-2-4-19(5-3-18)21-10-14-24(15-11-21)28-26(27)23-8-6-20(7-9-23)22-12-16-25(29)17-13-22/h2-17,29H,1H3. The first kappa shape index (κ1) is 19.0. The highest BCUT2D eigenvalue weighted by molar-refractivity contribution is 7.80. The minimum absolute atomic E-state index is 0.370. The van der Waals surface area contributed by atoms with E-state index in [0.29, 0.717) is 11.3 Å². The molecule has 0 amide bonds. The minimum Gasteiger partial charge on any atom is -0.423 e. The topological polar surface area (TPSA) is 26.3 Å². The van der Waals surface area contributed by atoms with Crippen molar-refractivity contribution in [1.82, 2.24) is 0 Å². The van der Waals surface area contributed by atoms with E-state index in [1.165, 1.54) is 5.56 Å². The third kappa shape index (κ3) is 4.58. The molecule has 4 aromatic rings. The van der Waals surface area contributed by atoms with Crippen molar-refractivity contribution in [2.75, 3.05) is 0 Å². The van der Waals surface area contributed by atoms with Crippen LogP contribution in [-0.2, 0) is 0 Å². The van der Waals surface area contributed by atoms with Gasteiger partial charge in [0.15, 0.2) is 0 Å². The Hall–Kier alpha value is -3.30. The van der Waals surface area contributed by atoms with Gasteiger partial charge in [0.25, 0.3) is 0 Å². The zero-order chi connectivity index (χ0) is 20.2. The van der Waals surface area contributed by atoms with Gasteiger partial charge in [0.1, 0.15) is 5.75 Å². The SMILES string of the molecule is Cc1ccc(-c2ccc(OC(=O)c3ccc(-c4ccc(S)cc4)cc3)cc2)cc1. The van der Waals surface area contributed by atoms with Gasteiger partial charge in [-0.3, -0.25) is 0 Å². The quantitative estimate of drug-likeness (QED) is 0.232. The lowest BCUT2D eigenvalue weighted by Gasteiger charge is -2.07. The molecule has 0 atom stereocenters. The Morgan fingerprint density at radius 2 is 1.03 bits per heavy atom. The summed E-state index contributed by atoms with van der Waals surface area (Å²) in [6.45, 7) is 2.07. The minimum atomic E-state index is -0.370. The van der Waals surface area contributed by atoms with E-state index >= 15 is 0 Å². The molecule has 0 aromatic heterocycles. The number of carbonyl (C=O) groups is 1. The molecular weight excluding hydrogens is 376 g/mol. The second kappa shape index (κ2) is 8.38. The Morgan fingerprint density at radius 1 is 0.621 bits per heavy atom. The summed E-state index contributed by atoms with van der Waals surface area (Å²) in [5, 5.41) is 0. The maximum absolute atomic E-state index is 12.5. The molecule has 0 radical (unpaired) electrons. The zero-order valence-electron chi connectivity index (χ0n) is 16.0. The average molecular weight is 397 g/mol. The van der Waals surface area contributed by atoms with Crippen LogP contribution in [0.4, 0.5) is 0 Å². The van der Waals surface area contributed by atoms with Crippen molar-refractivity contribution in [3.63, 3.8) is 0 Å². The van der Waals surface area contributed by atoms with Gasteiger partial charge in [0, 0.05) is 4.90 Å². The van der Waals surface area contributed by atoms with Crippen LogP contribution in [-0.4, -0.2) is 5.97 Å². The summed E-state index contributed by atoms with van der Waals surface area (Å²) >= 11 is 4.30. The third-order valence-corrected chi connectivity index (χ3v) is 5.07. The molecule has 2 nitrogen and oxygen atoms in total. The largest absolute Gasteiger partial charge is 0.423 e. The third-order valence-electron chi connectivity index (χ3n) is 4.77. The maximum atomic E-state index is 12.5. The number of benzene rings is 4. The molecule has 29 heavy (non-hydrogen) atoms. The fourth-order valence-electron chi connectivity index (χ4n) is 3.08. The van der Waals surface area contributed by atoms with Crippen molar-refractivity contribution in [1.29, 1.82) is 0 Å². The van der Waals surface area contributed by atoms with Crippen molar-refractivity contribution in [2.45, 2.75) is 11.8 Å². The Labute approximate surface area is 176 Å². The van der Waals surface area contributed by atoms with Crippen molar-refractivity contribution >= 4 is 18.6 Å². The Balaban J connectivity index is 1.45. The second-order valence-electron chi connectivity index (χ2n) is 6.90. The van der Waals surface area contributed by atoms with Crippen LogP contribution in [0, 0.1) is 6.92 Å². The van der Waals surface area contributed by atoms with Gasteiger partial charge in [-0.25, -0.2) is 4.79 Å². The Morgan fingerprint density at radius 3 is 1.55 bits per heavy atom. The highest BCUT2D eigenvalue weighted by atomic mass is 32.1. The van der Waals surface area contributed by atoms with E-state index in [-0.39, 0.29) is 5.97 Å². The monoisotopic (exact) mass is 396 g/mol. The lowest BCUT2D eigenvalue weighted by molar-refractivity contribution is 0.0735. The van der Waals surface area contributed by atoms with E-state index in [1.807, 2.05) is 60.7 Å². The van der Waals surface area contributed by atoms with Crippen LogP contribution in [0.5, 0.6) is 5.75 Å². The number of aryl methyl sites for hydroxylation is 1. The lowest BCUT2D eigenvalue weighted by atomic mass is 10.0. The summed E-state index contributed by atoms with van der Waals surface area (Å²) in [6, 6.07) is 31.2. The van der Waals surface area contributed by atoms with Crippen LogP contribution in [0.3, 0.4) is 0 Å². The molecule has 0 bridgehead atoms. The molecule has 0 fully saturated rings. The van der Waals surface area contributed by atoms with Crippen LogP contribution in [0.25, 0.3) is 22.3 Å². The van der Waals surface area contributed by atoms with E-state index in [1.54, 1.807) is 12.1 Å². The molecule has 4 rings (SSSR count). The summed E-state index contributed by atoms with van der Waals surface area (Å²) in [5.74, 6) is 0.157. The number of hydrogen-bond donors (Lipinski definition) is 1. The smallest absolute Gasteiger partial charge is 0.343 e. The normalized spacial score (nSPS) is 10.6. The summed E-state index contributed by atoms with van der Waals surface area (Å²) in [4.78, 5) is 13.4. The predicted octanol–water partition coefficient (Wildman–Crippen LogP) is 6.84. The Kier molecular flexibility index (Phi) is 5.50. The van der Waals surface area contributed by atoms with Gasteiger partial charge in [0.05, 0.1) is 5.56 Å². The number of thiol groups is 1. The molecule has 3 heteroatoms. The van der Waals surface area contributed by atoms with Crippen molar-refractivity contribution in [2.24, 2.45) is 0 Å². The summed E-state index contributed by atoms with van der Waals surface area (Å²) in [6.07, 6.45) is 0. The van der Waals surface area contributed by atoms with Crippen molar-refractivity contribution in [3.8, 4) is 28.0 Å². The molecule has 0 spiro atoms. The second-order valence-corrected chi connectivity index (χ2v) is 7.42. The number of esters is 1. The maximum Gasteiger partial charge on any atom is 0.343 e. The molecule has 0 N–H and O–H groups in total. The highest BCUT2D eigenvalue weighted by Crippen LogP contribution is 2.24. The first-order chi connectivity index (χ1) is 14.1. The van der Waals surface area contributed by atoms with Gasteiger partial charge < -0.3 is 4.74 Å². The van der Waals surface area contributed by atoms with Gasteiger partial charge in [-0.05, 0) is 65.6 Å². The summed E-state index contributed by atoms with van der Waals surface area (Å²) < 4.78 is 5.52. The molecule has 0 saturated carbocycles. The van der Waals surface area contributed by atoms with E-state index in [9.17, 15) is 4.79 Å². The van der Waals surface area contributed by atoms with E-state index in [0.717, 1.165) is 27.1 Å². The van der Waals surface area contributed by atoms with E-state index in [2.05, 4.69) is 43.8 Å². The first-order valence-electron chi connectivity index (χ1n) is 9.37. The molecule has 0 heterocycles. The molecular formula is C26H20O2S. The summed E-state index contributed by atoms with van der Waals surface area (Å²) in [7, 11) is 0. The van der Waals surface area contributed by atoms with Gasteiger partial charge in [-0.1, -0.05) is 66.2 Å². The lowest BCUT2D eigenvalue weighted by Crippen LogP contribution is -2.08. The van der Waals surface area contributed by atoms with Gasteiger partial charge >= 0.3 is 5.97 Å². The van der Waals surface area contributed by atoms with Gasteiger partial charge in [0.2, 0.25) is 0 Å². The molecule has 0 aliphatic carbocycles. The first-order valence-corrected chi connectivity index (χ1v) is 9.82. The fraction of sp³-hybridized carbons (Fsp3) is 0.0385. The number of hydrogen-bond acceptors (Lipinski definition) is 3. The van der Waals surface area contributed by atoms with Gasteiger partial charge in [-0.2, -0.15) is 0 Å². The van der Waals surface area contributed by atoms with Gasteiger partial charge in [-0.15, -0.1) is 12.6 Å². The van der Waals surface area contributed by atoms with Crippen LogP contribution in [0.2, 0.25) is 0 Å². The molecule has 0 saturated heterocycles. The van der Waals surface area contributed by atoms with Crippen LogP contribution in [0.15, 0.2) is 102 Å². The van der Waals surface area contributed by atoms with Crippen LogP contribution >= 0.6 is 12.6 Å². The van der Waals surface area contributed by atoms with Crippen molar-refractivity contribution in [3.05, 3.63) is 108 Å². The number of rotatable bonds is 4. The predicted molar refractivity (Wildman–Crippen MR) is 121 cm³/mol. The molecule has 0 aliphatic rings. The number of carbonyl (C=O) groups excluding carboxylic acids is 1. The highest BCUT2D eigenvalue weighted by Gasteiger charge is 2.09. The summed E-state index contributed by atoms with van der Waals surface area (Å²) in [5.41, 5.74) is 6.08. The molecule has 0 unspecified atom stereocenters. The molecule has 4 aromatic carbocycles. The van der Waals surface area contributed by atoms with Crippen LogP contribution < -0.4 is 4.74 Å². The van der Waals surface area contributed by atoms with E-state index < -0.39 is 0 Å². The molecule has 0 aliphatic heterocycles. The average Bonchev–Trinajstić information content (AvgIpc) is 2.76. The fourth-order valence-corrected chi connectivity index (χ4v) is 3.23. The van der Waals surface area contributed by atoms with Crippen molar-refractivity contribution < 1.29 is 9.53 Å².